The number of hydrogen-bond donors (Lipinski definition) is 2. The van der Waals surface area contributed by atoms with Gasteiger partial charge in [0.05, 0.1) is 0 Å². The van der Waals surface area contributed by atoms with E-state index in [4.69, 9.17) is 0 Å². The molecule has 0 spiro atoms. The summed E-state index contributed by atoms with van der Waals surface area (Å²) in [5, 5.41) is 15.9. The molecule has 0 saturated carbocycles. The lowest BCUT2D eigenvalue weighted by molar-refractivity contribution is 0.189. The molecule has 0 radical (unpaired) electrons. The number of hydrogen-bond acceptors (Lipinski definition) is 4. The fourth-order valence-corrected chi connectivity index (χ4v) is 1.09. The van der Waals surface area contributed by atoms with Gasteiger partial charge in [0.25, 0.3) is 0 Å². The van der Waals surface area contributed by atoms with Gasteiger partial charge in [-0.25, -0.2) is 4.98 Å². The van der Waals surface area contributed by atoms with Gasteiger partial charge in [0.1, 0.15) is 6.10 Å². The summed E-state index contributed by atoms with van der Waals surface area (Å²) in [5.41, 5.74) is 0.829. The molecule has 0 aliphatic carbocycles. The van der Waals surface area contributed by atoms with Crippen molar-refractivity contribution >= 4 is 0 Å². The van der Waals surface area contributed by atoms with Crippen LogP contribution in [0.1, 0.15) is 18.9 Å². The summed E-state index contributed by atoms with van der Waals surface area (Å²) in [6.07, 6.45) is 2.73. The van der Waals surface area contributed by atoms with Gasteiger partial charge in [-0.2, -0.15) is 5.10 Å². The van der Waals surface area contributed by atoms with E-state index in [-0.39, 0.29) is 0 Å². The Morgan fingerprint density at radius 2 is 2.36 bits per heavy atom. The molecule has 1 unspecified atom stereocenters. The van der Waals surface area contributed by atoms with E-state index in [0.717, 1.165) is 5.56 Å². The molecule has 2 aromatic rings. The molecular weight excluding hydrogens is 180 g/mol. The normalized spacial score (nSPS) is 12.7. The number of aliphatic hydroxyl groups is 1. The fourth-order valence-electron chi connectivity index (χ4n) is 1.09. The highest BCUT2D eigenvalue weighted by Gasteiger charge is 2.08. The first-order valence-electron chi connectivity index (χ1n) is 4.28. The van der Waals surface area contributed by atoms with E-state index in [1.54, 1.807) is 19.3 Å². The lowest BCUT2D eigenvalue weighted by Gasteiger charge is -1.95. The second-order valence-electron chi connectivity index (χ2n) is 2.96. The molecule has 5 heteroatoms. The first kappa shape index (κ1) is 8.83. The molecule has 5 nitrogen and oxygen atoms in total. The molecule has 0 amide bonds. The van der Waals surface area contributed by atoms with Crippen molar-refractivity contribution in [2.24, 2.45) is 0 Å². The largest absolute Gasteiger partial charge is 0.385 e. The van der Waals surface area contributed by atoms with Crippen LogP contribution in [0.3, 0.4) is 0 Å². The topological polar surface area (TPSA) is 74.7 Å². The van der Waals surface area contributed by atoms with Crippen LogP contribution in [-0.2, 0) is 0 Å². The lowest BCUT2D eigenvalue weighted by Crippen LogP contribution is -1.93. The molecule has 2 rings (SSSR count). The smallest absolute Gasteiger partial charge is 0.182 e. The van der Waals surface area contributed by atoms with Gasteiger partial charge in [-0.15, -0.1) is 0 Å². The molecule has 1 atom stereocenters. The minimum Gasteiger partial charge on any atom is -0.385 e. The lowest BCUT2D eigenvalue weighted by atomic mass is 10.3. The minimum atomic E-state index is -0.632. The van der Waals surface area contributed by atoms with Crippen molar-refractivity contribution in [3.63, 3.8) is 0 Å². The van der Waals surface area contributed by atoms with E-state index in [0.29, 0.717) is 11.6 Å². The third-order valence-electron chi connectivity index (χ3n) is 1.82. The number of aromatic nitrogens is 4. The standard InChI is InChI=1S/C9H10N4O/c1-6(14)8-11-9(13-12-8)7-3-2-4-10-5-7/h2-6,14H,1H3,(H,11,12,13). The summed E-state index contributed by atoms with van der Waals surface area (Å²) < 4.78 is 0. The number of pyridine rings is 1. The Morgan fingerprint density at radius 3 is 2.93 bits per heavy atom. The van der Waals surface area contributed by atoms with Crippen molar-refractivity contribution in [1.82, 2.24) is 20.2 Å². The van der Waals surface area contributed by atoms with Crippen LogP contribution in [0.5, 0.6) is 0 Å². The fraction of sp³-hybridized carbons (Fsp3) is 0.222. The maximum atomic E-state index is 9.23. The van der Waals surface area contributed by atoms with E-state index in [1.165, 1.54) is 0 Å². The molecule has 0 bridgehead atoms. The number of rotatable bonds is 2. The van der Waals surface area contributed by atoms with Crippen molar-refractivity contribution in [3.05, 3.63) is 30.4 Å². The van der Waals surface area contributed by atoms with Crippen LogP contribution in [-0.4, -0.2) is 25.3 Å². The van der Waals surface area contributed by atoms with Gasteiger partial charge in [-0.3, -0.25) is 10.1 Å². The first-order chi connectivity index (χ1) is 6.77. The van der Waals surface area contributed by atoms with E-state index in [1.807, 2.05) is 12.1 Å². The molecular formula is C9H10N4O. The maximum absolute atomic E-state index is 9.23. The molecule has 2 aromatic heterocycles. The average molecular weight is 190 g/mol. The third kappa shape index (κ3) is 1.62. The van der Waals surface area contributed by atoms with E-state index >= 15 is 0 Å². The Labute approximate surface area is 80.8 Å². The van der Waals surface area contributed by atoms with Gasteiger partial charge in [0.2, 0.25) is 0 Å². The third-order valence-corrected chi connectivity index (χ3v) is 1.82. The van der Waals surface area contributed by atoms with Crippen molar-refractivity contribution in [2.75, 3.05) is 0 Å². The zero-order valence-corrected chi connectivity index (χ0v) is 7.68. The maximum Gasteiger partial charge on any atom is 0.182 e. The van der Waals surface area contributed by atoms with Gasteiger partial charge in [0, 0.05) is 18.0 Å². The molecule has 0 saturated heterocycles. The zero-order valence-electron chi connectivity index (χ0n) is 7.68. The molecule has 0 fully saturated rings. The van der Waals surface area contributed by atoms with Gasteiger partial charge in [0.15, 0.2) is 11.6 Å². The number of nitrogens with one attached hydrogen (secondary N) is 1. The van der Waals surface area contributed by atoms with Crippen LogP contribution in [0.4, 0.5) is 0 Å². The molecule has 14 heavy (non-hydrogen) atoms. The summed E-state index contributed by atoms with van der Waals surface area (Å²) in [6.45, 7) is 1.63. The second kappa shape index (κ2) is 3.55. The Bertz CT molecular complexity index is 410. The van der Waals surface area contributed by atoms with Crippen molar-refractivity contribution in [3.8, 4) is 11.4 Å². The number of aliphatic hydroxyl groups excluding tert-OH is 1. The van der Waals surface area contributed by atoms with Crippen LogP contribution in [0, 0.1) is 0 Å². The zero-order chi connectivity index (χ0) is 9.97. The second-order valence-corrected chi connectivity index (χ2v) is 2.96. The van der Waals surface area contributed by atoms with E-state index < -0.39 is 6.10 Å². The van der Waals surface area contributed by atoms with Crippen LogP contribution >= 0.6 is 0 Å². The van der Waals surface area contributed by atoms with Gasteiger partial charge >= 0.3 is 0 Å². The van der Waals surface area contributed by atoms with Crippen LogP contribution in [0.25, 0.3) is 11.4 Å². The average Bonchev–Trinajstić information content (AvgIpc) is 2.68. The quantitative estimate of drug-likeness (QED) is 0.738. The van der Waals surface area contributed by atoms with Crippen molar-refractivity contribution in [1.29, 1.82) is 0 Å². The van der Waals surface area contributed by atoms with Crippen molar-refractivity contribution in [2.45, 2.75) is 13.0 Å². The monoisotopic (exact) mass is 190 g/mol. The van der Waals surface area contributed by atoms with Gasteiger partial charge in [-0.05, 0) is 19.1 Å². The Morgan fingerprint density at radius 1 is 1.50 bits per heavy atom. The molecule has 0 aliphatic heterocycles. The highest BCUT2D eigenvalue weighted by molar-refractivity contribution is 5.52. The molecule has 0 aliphatic rings. The number of H-pyrrole nitrogens is 1. The van der Waals surface area contributed by atoms with Gasteiger partial charge in [-0.1, -0.05) is 0 Å². The predicted octanol–water partition coefficient (Wildman–Crippen LogP) is 0.920. The van der Waals surface area contributed by atoms with E-state index in [9.17, 15) is 5.11 Å². The summed E-state index contributed by atoms with van der Waals surface area (Å²) in [7, 11) is 0. The molecule has 72 valence electrons. The van der Waals surface area contributed by atoms with Gasteiger partial charge < -0.3 is 5.11 Å². The Balaban J connectivity index is 2.34. The molecule has 2 heterocycles. The predicted molar refractivity (Wildman–Crippen MR) is 50.2 cm³/mol. The molecule has 0 aromatic carbocycles. The summed E-state index contributed by atoms with van der Waals surface area (Å²) in [4.78, 5) is 8.08. The highest BCUT2D eigenvalue weighted by atomic mass is 16.3. The van der Waals surface area contributed by atoms with Crippen LogP contribution in [0.15, 0.2) is 24.5 Å². The van der Waals surface area contributed by atoms with Crippen LogP contribution in [0.2, 0.25) is 0 Å². The van der Waals surface area contributed by atoms with Crippen LogP contribution < -0.4 is 0 Å². The van der Waals surface area contributed by atoms with Crippen molar-refractivity contribution < 1.29 is 5.11 Å². The summed E-state index contributed by atoms with van der Waals surface area (Å²) in [6, 6.07) is 3.68. The SMILES string of the molecule is CC(O)c1nc(-c2cccnc2)n[nH]1. The summed E-state index contributed by atoms with van der Waals surface area (Å²) >= 11 is 0. The summed E-state index contributed by atoms with van der Waals surface area (Å²) in [5.74, 6) is 1.01. The highest BCUT2D eigenvalue weighted by Crippen LogP contribution is 2.14. The molecule has 2 N–H and O–H groups in total. The number of nitrogens with zero attached hydrogens (tertiary/aromatic N) is 3. The Hall–Kier alpha value is -1.75. The van der Waals surface area contributed by atoms with E-state index in [2.05, 4.69) is 20.2 Å². The minimum absolute atomic E-state index is 0.462. The number of aromatic amines is 1. The first-order valence-corrected chi connectivity index (χ1v) is 4.28. The Kier molecular flexibility index (Phi) is 2.24.